The van der Waals surface area contributed by atoms with Gasteiger partial charge in [0, 0.05) is 5.53 Å². The third-order valence-electron chi connectivity index (χ3n) is 0.308. The molecule has 0 N–H and O–H groups in total. The highest BCUT2D eigenvalue weighted by Crippen LogP contribution is 1.88. The molecule has 0 radical (unpaired) electrons. The Morgan fingerprint density at radius 3 is 1.86 bits per heavy atom. The largest absolute Gasteiger partial charge is 0.221 e. The number of azide groups is 1. The number of quaternary nitrogens is 1. The van der Waals surface area contributed by atoms with Gasteiger partial charge in [0.2, 0.25) is 0 Å². The highest BCUT2D eigenvalue weighted by Gasteiger charge is 1.99. The molecule has 0 spiro atoms. The lowest BCUT2D eigenvalue weighted by Crippen LogP contribution is -2.25. The molecule has 0 aromatic rings. The number of nitrogens with zero attached hydrogens (tertiary/aromatic N) is 4. The van der Waals surface area contributed by atoms with E-state index in [1.54, 1.807) is 21.1 Å². The van der Waals surface area contributed by atoms with E-state index in [0.29, 0.717) is 4.59 Å². The number of hydrogen-bond acceptors (Lipinski definition) is 1. The van der Waals surface area contributed by atoms with Crippen molar-refractivity contribution in [1.29, 1.82) is 0 Å². The summed E-state index contributed by atoms with van der Waals surface area (Å²) < 4.78 is 0.302. The van der Waals surface area contributed by atoms with Crippen LogP contribution in [0.5, 0.6) is 0 Å². The lowest BCUT2D eigenvalue weighted by atomic mass is 10.9. The fraction of sp³-hybridized carbons (Fsp3) is 1.00. The van der Waals surface area contributed by atoms with Gasteiger partial charge in [-0.25, -0.2) is 4.59 Å². The molecule has 0 aliphatic rings. The van der Waals surface area contributed by atoms with Crippen molar-refractivity contribution in [1.82, 2.24) is 0 Å². The van der Waals surface area contributed by atoms with Gasteiger partial charge >= 0.3 is 0 Å². The molecule has 0 saturated carbocycles. The quantitative estimate of drug-likeness (QED) is 0.155. The van der Waals surface area contributed by atoms with Crippen LogP contribution in [0.15, 0.2) is 5.22 Å². The Morgan fingerprint density at radius 1 is 1.43 bits per heavy atom. The van der Waals surface area contributed by atoms with E-state index in [9.17, 15) is 0 Å². The summed E-state index contributed by atoms with van der Waals surface area (Å²) in [4.78, 5) is 2.60. The average molecular weight is 101 g/mol. The minimum absolute atomic E-state index is 0.302. The summed E-state index contributed by atoms with van der Waals surface area (Å²) in [5.74, 6) is 0. The highest BCUT2D eigenvalue weighted by molar-refractivity contribution is 4.28. The normalized spacial score (nSPS) is 10.1. The zero-order valence-corrected chi connectivity index (χ0v) is 4.79. The van der Waals surface area contributed by atoms with Crippen molar-refractivity contribution < 1.29 is 4.59 Å². The summed E-state index contributed by atoms with van der Waals surface area (Å²) >= 11 is 0. The van der Waals surface area contributed by atoms with E-state index in [4.69, 9.17) is 5.53 Å². The van der Waals surface area contributed by atoms with E-state index >= 15 is 0 Å². The molecule has 0 unspecified atom stereocenters. The topological polar surface area (TPSA) is 48.8 Å². The van der Waals surface area contributed by atoms with Gasteiger partial charge in [0.05, 0.1) is 26.1 Å². The lowest BCUT2D eigenvalue weighted by molar-refractivity contribution is -0.879. The van der Waals surface area contributed by atoms with Gasteiger partial charge in [0.15, 0.2) is 0 Å². The van der Waals surface area contributed by atoms with Gasteiger partial charge in [0.25, 0.3) is 0 Å². The predicted octanol–water partition coefficient (Wildman–Crippen LogP) is 0.918. The lowest BCUT2D eigenvalue weighted by Gasteiger charge is -2.10. The van der Waals surface area contributed by atoms with Crippen LogP contribution in [0, 0.1) is 0 Å². The standard InChI is InChI=1S/C3H9N4/c1-7(2,3)6-5-4/h1-3H3/q+1. The number of rotatable bonds is 1. The van der Waals surface area contributed by atoms with E-state index < -0.39 is 0 Å². The highest BCUT2D eigenvalue weighted by atomic mass is 15.6. The first-order chi connectivity index (χ1) is 3.06. The Hall–Kier alpha value is -0.730. The van der Waals surface area contributed by atoms with Crippen molar-refractivity contribution in [2.75, 3.05) is 21.1 Å². The maximum Gasteiger partial charge on any atom is 0.113 e. The zero-order chi connectivity index (χ0) is 5.91. The first kappa shape index (κ1) is 6.27. The summed E-state index contributed by atoms with van der Waals surface area (Å²) in [5.41, 5.74) is 7.84. The van der Waals surface area contributed by atoms with E-state index in [-0.39, 0.29) is 0 Å². The van der Waals surface area contributed by atoms with Gasteiger partial charge in [-0.1, -0.05) is 0 Å². The van der Waals surface area contributed by atoms with Crippen LogP contribution in [-0.4, -0.2) is 25.7 Å². The van der Waals surface area contributed by atoms with Gasteiger partial charge in [-0.05, 0) is 0 Å². The Balaban J connectivity index is 3.80. The monoisotopic (exact) mass is 101 g/mol. The summed E-state index contributed by atoms with van der Waals surface area (Å²) in [5, 5.41) is 3.38. The van der Waals surface area contributed by atoms with E-state index in [1.165, 1.54) is 0 Å². The molecule has 40 valence electrons. The molecular weight excluding hydrogens is 92.1 g/mol. The fourth-order valence-electron chi connectivity index (χ4n) is 0.120. The summed E-state index contributed by atoms with van der Waals surface area (Å²) in [6, 6.07) is 0. The van der Waals surface area contributed by atoms with Crippen LogP contribution in [-0.2, 0) is 0 Å². The predicted molar refractivity (Wildman–Crippen MR) is 27.2 cm³/mol. The zero-order valence-electron chi connectivity index (χ0n) is 4.79. The van der Waals surface area contributed by atoms with Crippen LogP contribution in [0.25, 0.3) is 10.4 Å². The Kier molecular flexibility index (Phi) is 1.63. The Labute approximate surface area is 42.5 Å². The van der Waals surface area contributed by atoms with E-state index in [0.717, 1.165) is 0 Å². The first-order valence-corrected chi connectivity index (χ1v) is 1.94. The molecule has 0 aliphatic carbocycles. The minimum Gasteiger partial charge on any atom is -0.221 e. The molecule has 0 fully saturated rings. The molecule has 4 heteroatoms. The molecule has 0 heterocycles. The fourth-order valence-corrected chi connectivity index (χ4v) is 0.120. The number of hydrogen-bond donors (Lipinski definition) is 0. The van der Waals surface area contributed by atoms with Crippen molar-refractivity contribution in [2.45, 2.75) is 0 Å². The van der Waals surface area contributed by atoms with Crippen LogP contribution in [0.3, 0.4) is 0 Å². The van der Waals surface area contributed by atoms with Crippen molar-refractivity contribution in [3.05, 3.63) is 10.4 Å². The van der Waals surface area contributed by atoms with E-state index in [1.807, 2.05) is 0 Å². The molecule has 0 rings (SSSR count). The molecule has 0 bridgehead atoms. The molecule has 4 nitrogen and oxygen atoms in total. The maximum absolute atomic E-state index is 7.84. The molecule has 0 aromatic carbocycles. The van der Waals surface area contributed by atoms with Gasteiger partial charge in [-0.2, -0.15) is 0 Å². The van der Waals surface area contributed by atoms with Gasteiger partial charge in [-0.15, -0.1) is 0 Å². The molecule has 0 aromatic heterocycles. The van der Waals surface area contributed by atoms with Crippen LogP contribution >= 0.6 is 0 Å². The molecule has 0 saturated heterocycles. The maximum atomic E-state index is 7.84. The molecular formula is C3H9N4+. The molecule has 7 heavy (non-hydrogen) atoms. The average Bonchev–Trinajstić information content (AvgIpc) is 1.30. The van der Waals surface area contributed by atoms with Crippen molar-refractivity contribution in [2.24, 2.45) is 5.22 Å². The van der Waals surface area contributed by atoms with Crippen LogP contribution < -0.4 is 0 Å². The first-order valence-electron chi connectivity index (χ1n) is 1.94. The second-order valence-electron chi connectivity index (χ2n) is 2.12. The molecule has 0 atom stereocenters. The van der Waals surface area contributed by atoms with Gasteiger partial charge < -0.3 is 0 Å². The molecule has 0 amide bonds. The van der Waals surface area contributed by atoms with Gasteiger partial charge in [0.1, 0.15) is 5.22 Å². The Bertz CT molecular complexity index is 94.0. The third-order valence-corrected chi connectivity index (χ3v) is 0.308. The minimum atomic E-state index is 0.302. The molecule has 0 aliphatic heterocycles. The summed E-state index contributed by atoms with van der Waals surface area (Å²) in [6.07, 6.45) is 0. The van der Waals surface area contributed by atoms with E-state index in [2.05, 4.69) is 10.1 Å². The third kappa shape index (κ3) is 5.27. The van der Waals surface area contributed by atoms with Crippen LogP contribution in [0.4, 0.5) is 0 Å². The van der Waals surface area contributed by atoms with Crippen molar-refractivity contribution in [3.8, 4) is 0 Å². The van der Waals surface area contributed by atoms with Crippen molar-refractivity contribution in [3.63, 3.8) is 0 Å². The second-order valence-corrected chi connectivity index (χ2v) is 2.12. The summed E-state index contributed by atoms with van der Waals surface area (Å²) in [7, 11) is 5.37. The SMILES string of the molecule is C[N+](C)(C)N=[N+]=[N-]. The van der Waals surface area contributed by atoms with Gasteiger partial charge in [-0.3, -0.25) is 0 Å². The smallest absolute Gasteiger partial charge is 0.113 e. The van der Waals surface area contributed by atoms with Crippen molar-refractivity contribution >= 4 is 0 Å². The van der Waals surface area contributed by atoms with Crippen LogP contribution in [0.1, 0.15) is 0 Å². The second kappa shape index (κ2) is 1.82. The van der Waals surface area contributed by atoms with Crippen LogP contribution in [0.2, 0.25) is 0 Å². The Morgan fingerprint density at radius 2 is 1.86 bits per heavy atom. The summed E-state index contributed by atoms with van der Waals surface area (Å²) in [6.45, 7) is 0.